The molecule has 3 heterocycles. The van der Waals surface area contributed by atoms with Crippen molar-refractivity contribution in [1.82, 2.24) is 20.2 Å². The van der Waals surface area contributed by atoms with E-state index in [0.717, 1.165) is 35.9 Å². The number of rotatable bonds is 2. The highest BCUT2D eigenvalue weighted by atomic mass is 15.3. The number of nitrogens with one attached hydrogen (secondary N) is 1. The van der Waals surface area contributed by atoms with E-state index in [2.05, 4.69) is 25.1 Å². The number of nitrogens with zero attached hydrogens (tertiary/aromatic N) is 4. The van der Waals surface area contributed by atoms with Gasteiger partial charge in [0.2, 0.25) is 5.95 Å². The van der Waals surface area contributed by atoms with Crippen LogP contribution in [0.15, 0.2) is 12.3 Å². The van der Waals surface area contributed by atoms with Gasteiger partial charge < -0.3 is 16.4 Å². The van der Waals surface area contributed by atoms with Crippen molar-refractivity contribution in [3.8, 4) is 11.4 Å². The number of nitrogens with two attached hydrogens (primary N) is 2. The summed E-state index contributed by atoms with van der Waals surface area (Å²) in [4.78, 5) is 10.5. The van der Waals surface area contributed by atoms with Gasteiger partial charge in [-0.1, -0.05) is 0 Å². The molecule has 2 aromatic heterocycles. The van der Waals surface area contributed by atoms with E-state index in [1.807, 2.05) is 13.0 Å². The molecule has 0 bridgehead atoms. The normalized spacial score (nSPS) is 15.8. The van der Waals surface area contributed by atoms with Gasteiger partial charge >= 0.3 is 0 Å². The molecule has 0 saturated carbocycles. The molecule has 0 spiro atoms. The summed E-state index contributed by atoms with van der Waals surface area (Å²) in [7, 11) is 0. The Hall–Kier alpha value is -2.15. The number of aromatic nitrogens is 4. The van der Waals surface area contributed by atoms with Crippen LogP contribution in [0.2, 0.25) is 0 Å². The Balaban J connectivity index is 1.99. The molecular weight excluding hydrogens is 230 g/mol. The fourth-order valence-electron chi connectivity index (χ4n) is 2.05. The molecule has 0 aromatic carbocycles. The predicted molar refractivity (Wildman–Crippen MR) is 69.0 cm³/mol. The van der Waals surface area contributed by atoms with Gasteiger partial charge in [0.05, 0.1) is 17.6 Å². The molecule has 0 atom stereocenters. The number of hydrogen-bond donors (Lipinski definition) is 3. The molecule has 3 rings (SSSR count). The molecule has 7 nitrogen and oxygen atoms in total. The average Bonchev–Trinajstić information content (AvgIpc) is 2.70. The first-order valence-corrected chi connectivity index (χ1v) is 5.79. The lowest BCUT2D eigenvalue weighted by atomic mass is 10.1. The van der Waals surface area contributed by atoms with Crippen LogP contribution in [0.5, 0.6) is 0 Å². The van der Waals surface area contributed by atoms with Crippen LogP contribution in [0.4, 0.5) is 11.8 Å². The number of hydrogen-bond acceptors (Lipinski definition) is 6. The minimum Gasteiger partial charge on any atom is -0.368 e. The number of aromatic amines is 1. The maximum atomic E-state index is 5.77. The van der Waals surface area contributed by atoms with E-state index in [-0.39, 0.29) is 12.0 Å². The zero-order valence-corrected chi connectivity index (χ0v) is 10.1. The van der Waals surface area contributed by atoms with Gasteiger partial charge in [-0.15, -0.1) is 0 Å². The van der Waals surface area contributed by atoms with Crippen molar-refractivity contribution < 1.29 is 0 Å². The van der Waals surface area contributed by atoms with E-state index in [1.54, 1.807) is 6.20 Å². The number of anilines is 2. The van der Waals surface area contributed by atoms with Gasteiger partial charge in [-0.05, 0) is 12.5 Å². The first-order chi connectivity index (χ1) is 8.63. The highest BCUT2D eigenvalue weighted by Crippen LogP contribution is 2.25. The maximum absolute atomic E-state index is 5.77. The van der Waals surface area contributed by atoms with Gasteiger partial charge in [0, 0.05) is 25.2 Å². The second-order valence-corrected chi connectivity index (χ2v) is 4.56. The SMILES string of the molecule is Cc1cn[nH]c1-c1cc(N2CC(N)C2)nc(N)n1. The summed E-state index contributed by atoms with van der Waals surface area (Å²) in [5.41, 5.74) is 14.2. The van der Waals surface area contributed by atoms with E-state index in [9.17, 15) is 0 Å². The van der Waals surface area contributed by atoms with Gasteiger partial charge in [-0.2, -0.15) is 10.1 Å². The Morgan fingerprint density at radius 3 is 2.78 bits per heavy atom. The zero-order chi connectivity index (χ0) is 12.7. The number of nitrogen functional groups attached to an aromatic ring is 1. The molecule has 5 N–H and O–H groups in total. The Kier molecular flexibility index (Phi) is 2.41. The zero-order valence-electron chi connectivity index (χ0n) is 10.1. The number of H-pyrrole nitrogens is 1. The lowest BCUT2D eigenvalue weighted by molar-refractivity contribution is 0.514. The molecule has 18 heavy (non-hydrogen) atoms. The van der Waals surface area contributed by atoms with E-state index < -0.39 is 0 Å². The Labute approximate surface area is 104 Å². The Bertz CT molecular complexity index is 571. The first-order valence-electron chi connectivity index (χ1n) is 5.79. The molecule has 1 aliphatic heterocycles. The van der Waals surface area contributed by atoms with Gasteiger partial charge in [-0.3, -0.25) is 5.10 Å². The van der Waals surface area contributed by atoms with Crippen LogP contribution in [0.3, 0.4) is 0 Å². The van der Waals surface area contributed by atoms with Gasteiger partial charge in [-0.25, -0.2) is 4.98 Å². The average molecular weight is 245 g/mol. The summed E-state index contributed by atoms with van der Waals surface area (Å²) in [6, 6.07) is 2.13. The summed E-state index contributed by atoms with van der Waals surface area (Å²) >= 11 is 0. The summed E-state index contributed by atoms with van der Waals surface area (Å²) in [5.74, 6) is 1.07. The van der Waals surface area contributed by atoms with Crippen LogP contribution >= 0.6 is 0 Å². The van der Waals surface area contributed by atoms with Crippen molar-refractivity contribution in [2.45, 2.75) is 13.0 Å². The summed E-state index contributed by atoms with van der Waals surface area (Å²) in [5, 5.41) is 6.91. The molecule has 7 heteroatoms. The minimum absolute atomic E-state index is 0.221. The lowest BCUT2D eigenvalue weighted by Gasteiger charge is -2.37. The smallest absolute Gasteiger partial charge is 0.222 e. The largest absolute Gasteiger partial charge is 0.368 e. The summed E-state index contributed by atoms with van der Waals surface area (Å²) in [6.45, 7) is 3.58. The topological polar surface area (TPSA) is 110 Å². The van der Waals surface area contributed by atoms with E-state index in [4.69, 9.17) is 11.5 Å². The molecule has 94 valence electrons. The van der Waals surface area contributed by atoms with Gasteiger partial charge in [0.25, 0.3) is 0 Å². The third kappa shape index (κ3) is 1.78. The van der Waals surface area contributed by atoms with Crippen LogP contribution in [0, 0.1) is 6.92 Å². The first kappa shape index (κ1) is 11.0. The lowest BCUT2D eigenvalue weighted by Crippen LogP contribution is -2.56. The Morgan fingerprint density at radius 2 is 2.17 bits per heavy atom. The molecule has 2 aromatic rings. The minimum atomic E-state index is 0.221. The van der Waals surface area contributed by atoms with Crippen molar-refractivity contribution >= 4 is 11.8 Å². The maximum Gasteiger partial charge on any atom is 0.222 e. The number of aryl methyl sites for hydroxylation is 1. The van der Waals surface area contributed by atoms with Crippen molar-refractivity contribution in [1.29, 1.82) is 0 Å². The van der Waals surface area contributed by atoms with E-state index in [1.165, 1.54) is 0 Å². The highest BCUT2D eigenvalue weighted by Gasteiger charge is 2.25. The summed E-state index contributed by atoms with van der Waals surface area (Å²) in [6.07, 6.45) is 1.76. The van der Waals surface area contributed by atoms with Crippen molar-refractivity contribution in [3.63, 3.8) is 0 Å². The second kappa shape index (κ2) is 3.95. The molecule has 0 amide bonds. The fourth-order valence-corrected chi connectivity index (χ4v) is 2.05. The van der Waals surface area contributed by atoms with Gasteiger partial charge in [0.1, 0.15) is 5.82 Å². The fraction of sp³-hybridized carbons (Fsp3) is 0.364. The van der Waals surface area contributed by atoms with Crippen LogP contribution in [0.25, 0.3) is 11.4 Å². The van der Waals surface area contributed by atoms with Crippen molar-refractivity contribution in [2.24, 2.45) is 5.73 Å². The van der Waals surface area contributed by atoms with E-state index in [0.29, 0.717) is 0 Å². The molecular formula is C11H15N7. The monoisotopic (exact) mass is 245 g/mol. The van der Waals surface area contributed by atoms with Gasteiger partial charge in [0.15, 0.2) is 0 Å². The Morgan fingerprint density at radius 1 is 1.39 bits per heavy atom. The van der Waals surface area contributed by atoms with Crippen LogP contribution in [-0.4, -0.2) is 39.3 Å². The molecule has 1 fully saturated rings. The predicted octanol–water partition coefficient (Wildman–Crippen LogP) is -0.0954. The molecule has 1 saturated heterocycles. The van der Waals surface area contributed by atoms with E-state index >= 15 is 0 Å². The van der Waals surface area contributed by atoms with Crippen molar-refractivity contribution in [3.05, 3.63) is 17.8 Å². The van der Waals surface area contributed by atoms with Crippen LogP contribution < -0.4 is 16.4 Å². The van der Waals surface area contributed by atoms with Crippen molar-refractivity contribution in [2.75, 3.05) is 23.7 Å². The quantitative estimate of drug-likeness (QED) is 0.681. The molecule has 0 unspecified atom stereocenters. The molecule has 0 aliphatic carbocycles. The third-order valence-corrected chi connectivity index (χ3v) is 3.05. The third-order valence-electron chi connectivity index (χ3n) is 3.05. The summed E-state index contributed by atoms with van der Waals surface area (Å²) < 4.78 is 0. The molecule has 0 radical (unpaired) electrons. The molecule has 1 aliphatic rings. The highest BCUT2D eigenvalue weighted by molar-refractivity contribution is 5.64. The second-order valence-electron chi connectivity index (χ2n) is 4.56. The van der Waals surface area contributed by atoms with Crippen LogP contribution in [0.1, 0.15) is 5.56 Å². The standard InChI is InChI=1S/C11H15N7/c1-6-3-14-17-10(6)8-2-9(16-11(13)15-8)18-4-7(12)5-18/h2-3,7H,4-5,12H2,1H3,(H,14,17)(H2,13,15,16). The van der Waals surface area contributed by atoms with Crippen LogP contribution in [-0.2, 0) is 0 Å².